The third-order valence-corrected chi connectivity index (χ3v) is 5.00. The molecule has 0 saturated heterocycles. The lowest BCUT2D eigenvalue weighted by Crippen LogP contribution is -2.49. The number of carbonyl (C=O) groups excluding carboxylic acids is 2. The lowest BCUT2D eigenvalue weighted by atomic mass is 9.69. The van der Waals surface area contributed by atoms with Gasteiger partial charge in [0.15, 0.2) is 5.78 Å². The predicted molar refractivity (Wildman–Crippen MR) is 94.1 cm³/mol. The summed E-state index contributed by atoms with van der Waals surface area (Å²) < 4.78 is 0. The molecule has 1 amide bonds. The number of ketones is 1. The molecule has 1 aromatic rings. The number of hydrazine groups is 1. The van der Waals surface area contributed by atoms with Gasteiger partial charge in [0.2, 0.25) is 5.91 Å². The monoisotopic (exact) mass is 326 g/mol. The van der Waals surface area contributed by atoms with E-state index in [-0.39, 0.29) is 23.0 Å². The summed E-state index contributed by atoms with van der Waals surface area (Å²) in [6, 6.07) is 8.21. The second-order valence-electron chi connectivity index (χ2n) is 8.02. The van der Waals surface area contributed by atoms with Gasteiger partial charge in [-0.15, -0.1) is 0 Å². The first-order valence-electron chi connectivity index (χ1n) is 8.52. The molecule has 3 rings (SSSR count). The fourth-order valence-electron chi connectivity index (χ4n) is 3.95. The van der Waals surface area contributed by atoms with E-state index in [0.717, 1.165) is 23.3 Å². The third kappa shape index (κ3) is 2.91. The highest BCUT2D eigenvalue weighted by atomic mass is 16.2. The van der Waals surface area contributed by atoms with Crippen molar-refractivity contribution in [3.63, 3.8) is 0 Å². The van der Waals surface area contributed by atoms with E-state index < -0.39 is 0 Å². The first-order valence-corrected chi connectivity index (χ1v) is 8.52. The Morgan fingerprint density at radius 3 is 2.29 bits per heavy atom. The summed E-state index contributed by atoms with van der Waals surface area (Å²) >= 11 is 0. The molecule has 4 heteroatoms. The molecule has 1 aliphatic carbocycles. The molecule has 1 aliphatic heterocycles. The summed E-state index contributed by atoms with van der Waals surface area (Å²) in [6.45, 7) is 6.24. The molecular formula is C20H26N2O2. The number of hydrogen-bond donors (Lipinski definition) is 0. The van der Waals surface area contributed by atoms with Crippen LogP contribution in [0.15, 0.2) is 35.5 Å². The van der Waals surface area contributed by atoms with Crippen molar-refractivity contribution in [3.05, 3.63) is 46.7 Å². The van der Waals surface area contributed by atoms with Crippen molar-refractivity contribution < 1.29 is 9.59 Å². The lowest BCUT2D eigenvalue weighted by molar-refractivity contribution is -0.143. The Kier molecular flexibility index (Phi) is 4.12. The molecule has 0 saturated carbocycles. The molecule has 0 N–H and O–H groups in total. The average molecular weight is 326 g/mol. The van der Waals surface area contributed by atoms with Gasteiger partial charge < -0.3 is 0 Å². The molecule has 0 bridgehead atoms. The third-order valence-electron chi connectivity index (χ3n) is 5.00. The van der Waals surface area contributed by atoms with Crippen LogP contribution in [0, 0.1) is 12.3 Å². The van der Waals surface area contributed by atoms with Crippen LogP contribution >= 0.6 is 0 Å². The Bertz CT molecular complexity index is 714. The van der Waals surface area contributed by atoms with Crippen LogP contribution in [0.1, 0.15) is 50.2 Å². The standard InChI is InChI=1S/C20H26N2O2/c1-13-6-8-14(9-7-13)15-10-18(24)22(21(4)5)16-11-20(2,3)12-17(23)19(15)16/h6-9,15H,10-12H2,1-5H3/t15-/m1/s1. The Morgan fingerprint density at radius 1 is 1.08 bits per heavy atom. The molecule has 0 aromatic heterocycles. The molecule has 1 atom stereocenters. The fraction of sp³-hybridized carbons (Fsp3) is 0.500. The lowest BCUT2D eigenvalue weighted by Gasteiger charge is -2.44. The number of carbonyl (C=O) groups is 2. The maximum Gasteiger partial charge on any atom is 0.242 e. The van der Waals surface area contributed by atoms with Gasteiger partial charge in [0, 0.05) is 44.1 Å². The molecule has 0 radical (unpaired) electrons. The van der Waals surface area contributed by atoms with Crippen LogP contribution in [0.3, 0.4) is 0 Å². The van der Waals surface area contributed by atoms with E-state index in [9.17, 15) is 9.59 Å². The van der Waals surface area contributed by atoms with Crippen molar-refractivity contribution >= 4 is 11.7 Å². The highest BCUT2D eigenvalue weighted by Gasteiger charge is 2.44. The van der Waals surface area contributed by atoms with Crippen molar-refractivity contribution in [2.24, 2.45) is 5.41 Å². The predicted octanol–water partition coefficient (Wildman–Crippen LogP) is 3.43. The van der Waals surface area contributed by atoms with Gasteiger partial charge in [0.1, 0.15) is 0 Å². The van der Waals surface area contributed by atoms with Crippen LogP contribution in [-0.2, 0) is 9.59 Å². The largest absolute Gasteiger partial charge is 0.294 e. The van der Waals surface area contributed by atoms with Crippen molar-refractivity contribution in [1.82, 2.24) is 10.0 Å². The molecule has 2 aliphatic rings. The van der Waals surface area contributed by atoms with Crippen molar-refractivity contribution in [2.45, 2.75) is 46.0 Å². The number of aryl methyl sites for hydroxylation is 1. The van der Waals surface area contributed by atoms with Crippen LogP contribution in [-0.4, -0.2) is 35.8 Å². The SMILES string of the molecule is Cc1ccc([C@H]2CC(=O)N(N(C)C)C3=C2C(=O)CC(C)(C)C3)cc1. The number of nitrogens with zero attached hydrogens (tertiary/aromatic N) is 2. The summed E-state index contributed by atoms with van der Waals surface area (Å²) in [5.41, 5.74) is 3.86. The van der Waals surface area contributed by atoms with Gasteiger partial charge in [-0.1, -0.05) is 43.7 Å². The molecule has 0 spiro atoms. The Hall–Kier alpha value is -1.94. The van der Waals surface area contributed by atoms with E-state index in [1.165, 1.54) is 5.56 Å². The quantitative estimate of drug-likeness (QED) is 0.836. The molecule has 1 aromatic carbocycles. The van der Waals surface area contributed by atoms with E-state index in [2.05, 4.69) is 38.1 Å². The molecular weight excluding hydrogens is 300 g/mol. The van der Waals surface area contributed by atoms with Crippen LogP contribution < -0.4 is 0 Å². The van der Waals surface area contributed by atoms with Gasteiger partial charge in [-0.05, 0) is 24.3 Å². The normalized spacial score (nSPS) is 23.8. The average Bonchev–Trinajstić information content (AvgIpc) is 2.44. The number of amides is 1. The van der Waals surface area contributed by atoms with E-state index >= 15 is 0 Å². The van der Waals surface area contributed by atoms with Crippen LogP contribution in [0.25, 0.3) is 0 Å². The Labute approximate surface area is 144 Å². The first kappa shape index (κ1) is 16.9. The van der Waals surface area contributed by atoms with Crippen LogP contribution in [0.5, 0.6) is 0 Å². The van der Waals surface area contributed by atoms with Gasteiger partial charge in [0.05, 0.1) is 0 Å². The minimum absolute atomic E-state index is 0.0647. The van der Waals surface area contributed by atoms with Gasteiger partial charge >= 0.3 is 0 Å². The van der Waals surface area contributed by atoms with Crippen molar-refractivity contribution in [3.8, 4) is 0 Å². The van der Waals surface area contributed by atoms with Gasteiger partial charge in [-0.2, -0.15) is 0 Å². The Morgan fingerprint density at radius 2 is 1.71 bits per heavy atom. The summed E-state index contributed by atoms with van der Waals surface area (Å²) in [5.74, 6) is 0.133. The number of Topliss-reactive ketones (excluding diaryl/α,β-unsaturated/α-hetero) is 1. The van der Waals surface area contributed by atoms with E-state index in [0.29, 0.717) is 12.8 Å². The van der Waals surface area contributed by atoms with Gasteiger partial charge in [-0.3, -0.25) is 9.59 Å². The summed E-state index contributed by atoms with van der Waals surface area (Å²) in [5, 5.41) is 3.51. The zero-order valence-corrected chi connectivity index (χ0v) is 15.2. The fourth-order valence-corrected chi connectivity index (χ4v) is 3.95. The Balaban J connectivity index is 2.15. The molecule has 128 valence electrons. The molecule has 24 heavy (non-hydrogen) atoms. The molecule has 0 fully saturated rings. The van der Waals surface area contributed by atoms with Crippen LogP contribution in [0.2, 0.25) is 0 Å². The molecule has 4 nitrogen and oxygen atoms in total. The summed E-state index contributed by atoms with van der Waals surface area (Å²) in [4.78, 5) is 25.8. The smallest absolute Gasteiger partial charge is 0.242 e. The number of rotatable bonds is 2. The minimum Gasteiger partial charge on any atom is -0.294 e. The topological polar surface area (TPSA) is 40.6 Å². The molecule has 1 heterocycles. The zero-order chi connectivity index (χ0) is 17.6. The zero-order valence-electron chi connectivity index (χ0n) is 15.2. The molecule has 0 unspecified atom stereocenters. The van der Waals surface area contributed by atoms with Crippen molar-refractivity contribution in [1.29, 1.82) is 0 Å². The first-order chi connectivity index (χ1) is 11.2. The minimum atomic E-state index is -0.118. The van der Waals surface area contributed by atoms with E-state index in [1.807, 2.05) is 21.0 Å². The maximum atomic E-state index is 13.0. The maximum absolute atomic E-state index is 13.0. The van der Waals surface area contributed by atoms with E-state index in [4.69, 9.17) is 0 Å². The highest BCUT2D eigenvalue weighted by molar-refractivity contribution is 6.01. The van der Waals surface area contributed by atoms with Gasteiger partial charge in [0.25, 0.3) is 0 Å². The summed E-state index contributed by atoms with van der Waals surface area (Å²) in [6.07, 6.45) is 1.65. The summed E-state index contributed by atoms with van der Waals surface area (Å²) in [7, 11) is 3.72. The van der Waals surface area contributed by atoms with E-state index in [1.54, 1.807) is 10.0 Å². The number of allylic oxidation sites excluding steroid dienone is 2. The second kappa shape index (κ2) is 5.85. The highest BCUT2D eigenvalue weighted by Crippen LogP contribution is 2.47. The van der Waals surface area contributed by atoms with Crippen LogP contribution in [0.4, 0.5) is 0 Å². The number of benzene rings is 1. The van der Waals surface area contributed by atoms with Gasteiger partial charge in [-0.25, -0.2) is 10.0 Å². The number of hydrogen-bond acceptors (Lipinski definition) is 3. The van der Waals surface area contributed by atoms with Crippen molar-refractivity contribution in [2.75, 3.05) is 14.1 Å². The second-order valence-corrected chi connectivity index (χ2v) is 8.02.